The van der Waals surface area contributed by atoms with E-state index in [-0.39, 0.29) is 11.3 Å². The van der Waals surface area contributed by atoms with Gasteiger partial charge in [0, 0.05) is 22.3 Å². The number of phenols is 1. The molecule has 2 N–H and O–H groups in total. The second-order valence-corrected chi connectivity index (χ2v) is 7.33. The molecular formula is C24H19ClN4O2. The van der Waals surface area contributed by atoms with Crippen LogP contribution in [0.15, 0.2) is 84.1 Å². The van der Waals surface area contributed by atoms with Crippen LogP contribution < -0.4 is 5.43 Å². The van der Waals surface area contributed by atoms with E-state index in [9.17, 15) is 9.90 Å². The zero-order valence-electron chi connectivity index (χ0n) is 16.7. The zero-order chi connectivity index (χ0) is 21.8. The summed E-state index contributed by atoms with van der Waals surface area (Å²) in [6, 6.07) is 22.0. The molecule has 0 aliphatic rings. The first kappa shape index (κ1) is 20.4. The van der Waals surface area contributed by atoms with Crippen LogP contribution in [0.1, 0.15) is 21.5 Å². The van der Waals surface area contributed by atoms with Crippen LogP contribution in [-0.4, -0.2) is 27.0 Å². The molecule has 6 nitrogen and oxygen atoms in total. The number of nitrogens with one attached hydrogen (secondary N) is 1. The number of hydrazone groups is 1. The van der Waals surface area contributed by atoms with Gasteiger partial charge in [-0.05, 0) is 42.8 Å². The minimum absolute atomic E-state index is 0.0612. The van der Waals surface area contributed by atoms with Crippen LogP contribution in [0.2, 0.25) is 5.02 Å². The Labute approximate surface area is 184 Å². The number of nitrogens with zero attached hydrogens (tertiary/aromatic N) is 3. The van der Waals surface area contributed by atoms with Crippen molar-refractivity contribution in [1.82, 2.24) is 15.2 Å². The van der Waals surface area contributed by atoms with Gasteiger partial charge in [-0.2, -0.15) is 10.2 Å². The number of para-hydroxylation sites is 2. The molecule has 4 rings (SSSR count). The van der Waals surface area contributed by atoms with Gasteiger partial charge < -0.3 is 5.11 Å². The standard InChI is InChI=1S/C24H19ClN4O2/c1-16-6-5-9-21(23(16)30)24(31)27-26-14-18-15-29(20-7-3-2-4-8-20)28-22(18)17-10-12-19(25)13-11-17/h2-15,30H,1H3,(H,27,31). The van der Waals surface area contributed by atoms with E-state index in [0.717, 1.165) is 11.3 Å². The highest BCUT2D eigenvalue weighted by Crippen LogP contribution is 2.24. The molecule has 0 aliphatic heterocycles. The normalized spacial score (nSPS) is 11.0. The first-order valence-corrected chi connectivity index (χ1v) is 9.94. The number of amides is 1. The third-order valence-corrected chi connectivity index (χ3v) is 4.99. The maximum absolute atomic E-state index is 12.4. The monoisotopic (exact) mass is 430 g/mol. The number of benzene rings is 3. The Balaban J connectivity index is 1.64. The average molecular weight is 431 g/mol. The molecule has 3 aromatic carbocycles. The number of rotatable bonds is 5. The molecule has 1 heterocycles. The summed E-state index contributed by atoms with van der Waals surface area (Å²) in [4.78, 5) is 12.4. The summed E-state index contributed by atoms with van der Waals surface area (Å²) in [6.07, 6.45) is 3.36. The van der Waals surface area contributed by atoms with Gasteiger partial charge in [0.15, 0.2) is 0 Å². The molecule has 1 amide bonds. The first-order chi connectivity index (χ1) is 15.0. The summed E-state index contributed by atoms with van der Waals surface area (Å²) in [7, 11) is 0. The molecule has 0 unspecified atom stereocenters. The number of hydrogen-bond donors (Lipinski definition) is 2. The van der Waals surface area contributed by atoms with Gasteiger partial charge in [-0.1, -0.05) is 54.1 Å². The Morgan fingerprint density at radius 3 is 2.55 bits per heavy atom. The Morgan fingerprint density at radius 2 is 1.81 bits per heavy atom. The number of aryl methyl sites for hydroxylation is 1. The number of carbonyl (C=O) groups excluding carboxylic acids is 1. The van der Waals surface area contributed by atoms with Gasteiger partial charge in [0.1, 0.15) is 11.4 Å². The second kappa shape index (κ2) is 8.85. The molecule has 1 aromatic heterocycles. The Bertz CT molecular complexity index is 1250. The van der Waals surface area contributed by atoms with E-state index in [1.54, 1.807) is 41.9 Å². The third kappa shape index (κ3) is 4.49. The molecule has 0 aliphatic carbocycles. The first-order valence-electron chi connectivity index (χ1n) is 9.56. The van der Waals surface area contributed by atoms with E-state index >= 15 is 0 Å². The topological polar surface area (TPSA) is 79.5 Å². The highest BCUT2D eigenvalue weighted by molar-refractivity contribution is 6.30. The lowest BCUT2D eigenvalue weighted by Crippen LogP contribution is -2.17. The van der Waals surface area contributed by atoms with Crippen LogP contribution in [-0.2, 0) is 0 Å². The van der Waals surface area contributed by atoms with Gasteiger partial charge in [0.25, 0.3) is 5.91 Å². The second-order valence-electron chi connectivity index (χ2n) is 6.89. The number of aromatic hydroxyl groups is 1. The van der Waals surface area contributed by atoms with Gasteiger partial charge in [-0.15, -0.1) is 0 Å². The van der Waals surface area contributed by atoms with E-state index in [4.69, 9.17) is 16.7 Å². The van der Waals surface area contributed by atoms with Gasteiger partial charge >= 0.3 is 0 Å². The van der Waals surface area contributed by atoms with Gasteiger partial charge in [0.05, 0.1) is 17.5 Å². The summed E-state index contributed by atoms with van der Waals surface area (Å²) in [6.45, 7) is 1.73. The van der Waals surface area contributed by atoms with Crippen LogP contribution in [0.3, 0.4) is 0 Å². The quantitative estimate of drug-likeness (QED) is 0.346. The summed E-state index contributed by atoms with van der Waals surface area (Å²) in [5, 5.41) is 19.5. The predicted octanol–water partition coefficient (Wildman–Crippen LogP) is 4.97. The SMILES string of the molecule is Cc1cccc(C(=O)NN=Cc2cn(-c3ccccc3)nc2-c2ccc(Cl)cc2)c1O. The summed E-state index contributed by atoms with van der Waals surface area (Å²) in [5.41, 5.74) is 6.40. The van der Waals surface area contributed by atoms with Crippen LogP contribution in [0.5, 0.6) is 5.75 Å². The highest BCUT2D eigenvalue weighted by Gasteiger charge is 2.13. The Kier molecular flexibility index (Phi) is 5.82. The summed E-state index contributed by atoms with van der Waals surface area (Å²) in [5.74, 6) is -0.560. The van der Waals surface area contributed by atoms with Crippen molar-refractivity contribution in [2.24, 2.45) is 5.10 Å². The number of hydrogen-bond acceptors (Lipinski definition) is 4. The van der Waals surface area contributed by atoms with Crippen molar-refractivity contribution < 1.29 is 9.90 Å². The third-order valence-electron chi connectivity index (χ3n) is 4.73. The van der Waals surface area contributed by atoms with Gasteiger partial charge in [-0.25, -0.2) is 10.1 Å². The lowest BCUT2D eigenvalue weighted by Gasteiger charge is -2.05. The van der Waals surface area contributed by atoms with E-state index in [1.165, 1.54) is 6.21 Å². The molecule has 0 atom stereocenters. The minimum atomic E-state index is -0.499. The Morgan fingerprint density at radius 1 is 1.06 bits per heavy atom. The van der Waals surface area contributed by atoms with E-state index in [1.807, 2.05) is 48.7 Å². The maximum Gasteiger partial charge on any atom is 0.275 e. The molecule has 31 heavy (non-hydrogen) atoms. The van der Waals surface area contributed by atoms with Crippen molar-refractivity contribution in [3.8, 4) is 22.7 Å². The molecule has 0 saturated carbocycles. The van der Waals surface area contributed by atoms with Crippen LogP contribution in [0.25, 0.3) is 16.9 Å². The number of phenolic OH excluding ortho intramolecular Hbond substituents is 1. The minimum Gasteiger partial charge on any atom is -0.507 e. The summed E-state index contributed by atoms with van der Waals surface area (Å²) < 4.78 is 1.75. The van der Waals surface area contributed by atoms with E-state index in [0.29, 0.717) is 21.8 Å². The zero-order valence-corrected chi connectivity index (χ0v) is 17.4. The smallest absolute Gasteiger partial charge is 0.275 e. The Hall–Kier alpha value is -3.90. The molecule has 7 heteroatoms. The van der Waals surface area contributed by atoms with Crippen molar-refractivity contribution in [2.45, 2.75) is 6.92 Å². The molecular weight excluding hydrogens is 412 g/mol. The van der Waals surface area contributed by atoms with Crippen molar-refractivity contribution in [3.05, 3.63) is 101 Å². The van der Waals surface area contributed by atoms with E-state index in [2.05, 4.69) is 10.5 Å². The number of halogens is 1. The summed E-state index contributed by atoms with van der Waals surface area (Å²) >= 11 is 6.02. The van der Waals surface area contributed by atoms with Crippen LogP contribution >= 0.6 is 11.6 Å². The van der Waals surface area contributed by atoms with Gasteiger partial charge in [-0.3, -0.25) is 4.79 Å². The fourth-order valence-electron chi connectivity index (χ4n) is 3.09. The molecule has 4 aromatic rings. The molecule has 0 radical (unpaired) electrons. The lowest BCUT2D eigenvalue weighted by atomic mass is 10.1. The average Bonchev–Trinajstić information content (AvgIpc) is 3.21. The van der Waals surface area contributed by atoms with Crippen molar-refractivity contribution in [2.75, 3.05) is 0 Å². The molecule has 0 saturated heterocycles. The molecule has 154 valence electrons. The van der Waals surface area contributed by atoms with Gasteiger partial charge in [0.2, 0.25) is 0 Å². The fourth-order valence-corrected chi connectivity index (χ4v) is 3.22. The van der Waals surface area contributed by atoms with E-state index < -0.39 is 5.91 Å². The van der Waals surface area contributed by atoms with Crippen LogP contribution in [0, 0.1) is 6.92 Å². The molecule has 0 spiro atoms. The van der Waals surface area contributed by atoms with Crippen molar-refractivity contribution in [1.29, 1.82) is 0 Å². The maximum atomic E-state index is 12.4. The molecule has 0 fully saturated rings. The van der Waals surface area contributed by atoms with Crippen molar-refractivity contribution >= 4 is 23.7 Å². The highest BCUT2D eigenvalue weighted by atomic mass is 35.5. The largest absolute Gasteiger partial charge is 0.507 e. The van der Waals surface area contributed by atoms with Crippen molar-refractivity contribution in [3.63, 3.8) is 0 Å². The number of carbonyl (C=O) groups is 1. The number of aromatic nitrogens is 2. The molecule has 0 bridgehead atoms. The predicted molar refractivity (Wildman–Crippen MR) is 122 cm³/mol. The fraction of sp³-hybridized carbons (Fsp3) is 0.0417. The van der Waals surface area contributed by atoms with Crippen LogP contribution in [0.4, 0.5) is 0 Å². The lowest BCUT2D eigenvalue weighted by molar-refractivity contribution is 0.0952.